The molecule has 0 aliphatic heterocycles. The van der Waals surface area contributed by atoms with E-state index in [1.165, 1.54) is 16.3 Å². The third-order valence-electron chi connectivity index (χ3n) is 3.20. The molecule has 2 aromatic rings. The Labute approximate surface area is 114 Å². The summed E-state index contributed by atoms with van der Waals surface area (Å²) in [6.07, 6.45) is 1.91. The van der Waals surface area contributed by atoms with Crippen molar-refractivity contribution in [2.75, 3.05) is 13.2 Å². The summed E-state index contributed by atoms with van der Waals surface area (Å²) in [7, 11) is 0. The normalized spacial score (nSPS) is 12.7. The van der Waals surface area contributed by atoms with Crippen LogP contribution in [-0.4, -0.2) is 19.3 Å². The van der Waals surface area contributed by atoms with Crippen LogP contribution < -0.4 is 11.3 Å². The summed E-state index contributed by atoms with van der Waals surface area (Å²) in [5.41, 5.74) is 4.11. The van der Waals surface area contributed by atoms with Crippen LogP contribution in [0, 0.1) is 0 Å². The van der Waals surface area contributed by atoms with Gasteiger partial charge in [-0.25, -0.2) is 0 Å². The lowest BCUT2D eigenvalue weighted by atomic mass is 10.0. The number of benzene rings is 2. The maximum Gasteiger partial charge on any atom is 0.0636 e. The summed E-state index contributed by atoms with van der Waals surface area (Å²) in [5.74, 6) is 5.59. The number of hydrazine groups is 1. The van der Waals surface area contributed by atoms with E-state index in [0.717, 1.165) is 19.4 Å². The van der Waals surface area contributed by atoms with Crippen molar-refractivity contribution in [3.8, 4) is 0 Å². The molecule has 2 aromatic carbocycles. The molecule has 0 heterocycles. The number of rotatable bonds is 7. The van der Waals surface area contributed by atoms with Gasteiger partial charge in [-0.1, -0.05) is 49.4 Å². The van der Waals surface area contributed by atoms with Gasteiger partial charge in [-0.05, 0) is 29.2 Å². The molecule has 0 spiro atoms. The topological polar surface area (TPSA) is 47.3 Å². The molecule has 0 radical (unpaired) electrons. The van der Waals surface area contributed by atoms with Crippen molar-refractivity contribution < 1.29 is 4.74 Å². The summed E-state index contributed by atoms with van der Waals surface area (Å²) in [5, 5.41) is 2.54. The lowest BCUT2D eigenvalue weighted by molar-refractivity contribution is 0.112. The van der Waals surface area contributed by atoms with Gasteiger partial charge in [0.15, 0.2) is 0 Å². The van der Waals surface area contributed by atoms with E-state index in [1.54, 1.807) is 0 Å². The second-order valence-corrected chi connectivity index (χ2v) is 4.82. The molecule has 1 unspecified atom stereocenters. The summed E-state index contributed by atoms with van der Waals surface area (Å²) in [4.78, 5) is 0. The van der Waals surface area contributed by atoms with Crippen LogP contribution in [0.2, 0.25) is 0 Å². The first-order chi connectivity index (χ1) is 9.33. The Morgan fingerprint density at radius 1 is 1.16 bits per heavy atom. The second-order valence-electron chi connectivity index (χ2n) is 4.82. The van der Waals surface area contributed by atoms with Gasteiger partial charge in [-0.2, -0.15) is 0 Å². The first-order valence-corrected chi connectivity index (χ1v) is 6.85. The summed E-state index contributed by atoms with van der Waals surface area (Å²) >= 11 is 0. The third-order valence-corrected chi connectivity index (χ3v) is 3.20. The zero-order chi connectivity index (χ0) is 13.5. The first kappa shape index (κ1) is 14.0. The predicted octanol–water partition coefficient (Wildman–Crippen LogP) is 2.64. The second kappa shape index (κ2) is 7.24. The highest BCUT2D eigenvalue weighted by atomic mass is 16.5. The van der Waals surface area contributed by atoms with Gasteiger partial charge in [0.05, 0.1) is 6.61 Å². The molecule has 0 aliphatic carbocycles. The SMILES string of the molecule is CCCOCC(Cc1ccc2ccccc2c1)NN. The van der Waals surface area contributed by atoms with Crippen LogP contribution in [0.25, 0.3) is 10.8 Å². The smallest absolute Gasteiger partial charge is 0.0636 e. The Morgan fingerprint density at radius 3 is 2.68 bits per heavy atom. The summed E-state index contributed by atoms with van der Waals surface area (Å²) in [6.45, 7) is 3.54. The van der Waals surface area contributed by atoms with E-state index in [0.29, 0.717) is 6.61 Å². The largest absolute Gasteiger partial charge is 0.380 e. The molecule has 102 valence electrons. The van der Waals surface area contributed by atoms with Crippen molar-refractivity contribution in [3.05, 3.63) is 48.0 Å². The van der Waals surface area contributed by atoms with Crippen molar-refractivity contribution in [1.29, 1.82) is 0 Å². The lowest BCUT2D eigenvalue weighted by Crippen LogP contribution is -2.40. The fraction of sp³-hybridized carbons (Fsp3) is 0.375. The Bertz CT molecular complexity index is 513. The molecule has 3 nitrogen and oxygen atoms in total. The summed E-state index contributed by atoms with van der Waals surface area (Å²) < 4.78 is 5.55. The first-order valence-electron chi connectivity index (χ1n) is 6.85. The van der Waals surface area contributed by atoms with Gasteiger partial charge in [-0.15, -0.1) is 0 Å². The average molecular weight is 258 g/mol. The molecule has 19 heavy (non-hydrogen) atoms. The molecule has 0 amide bonds. The molecular formula is C16H22N2O. The van der Waals surface area contributed by atoms with E-state index in [-0.39, 0.29) is 6.04 Å². The van der Waals surface area contributed by atoms with Crippen LogP contribution in [-0.2, 0) is 11.2 Å². The van der Waals surface area contributed by atoms with Gasteiger partial charge in [0.25, 0.3) is 0 Å². The molecule has 1 atom stereocenters. The van der Waals surface area contributed by atoms with Crippen LogP contribution in [0.3, 0.4) is 0 Å². The number of nitrogens with two attached hydrogens (primary N) is 1. The molecule has 0 fully saturated rings. The molecule has 2 rings (SSSR count). The van der Waals surface area contributed by atoms with Gasteiger partial charge in [0.2, 0.25) is 0 Å². The molecule has 0 aliphatic rings. The minimum absolute atomic E-state index is 0.160. The van der Waals surface area contributed by atoms with Gasteiger partial charge in [0.1, 0.15) is 0 Å². The molecule has 0 aromatic heterocycles. The van der Waals surface area contributed by atoms with Gasteiger partial charge in [0, 0.05) is 12.6 Å². The number of nitrogens with one attached hydrogen (secondary N) is 1. The van der Waals surface area contributed by atoms with Crippen LogP contribution in [0.4, 0.5) is 0 Å². The average Bonchev–Trinajstić information content (AvgIpc) is 2.46. The van der Waals surface area contributed by atoms with E-state index in [1.807, 2.05) is 0 Å². The van der Waals surface area contributed by atoms with E-state index < -0.39 is 0 Å². The van der Waals surface area contributed by atoms with E-state index in [9.17, 15) is 0 Å². The quantitative estimate of drug-likeness (QED) is 0.456. The molecular weight excluding hydrogens is 236 g/mol. The van der Waals surface area contributed by atoms with Crippen LogP contribution in [0.1, 0.15) is 18.9 Å². The molecule has 3 heteroatoms. The monoisotopic (exact) mass is 258 g/mol. The number of hydrogen-bond acceptors (Lipinski definition) is 3. The van der Waals surface area contributed by atoms with Crippen LogP contribution in [0.15, 0.2) is 42.5 Å². The van der Waals surface area contributed by atoms with Gasteiger partial charge < -0.3 is 4.74 Å². The Kier molecular flexibility index (Phi) is 5.33. The van der Waals surface area contributed by atoms with Crippen molar-refractivity contribution >= 4 is 10.8 Å². The standard InChI is InChI=1S/C16H22N2O/c1-2-9-19-12-16(18-17)11-13-7-8-14-5-3-4-6-15(14)10-13/h3-8,10,16,18H,2,9,11-12,17H2,1H3. The minimum Gasteiger partial charge on any atom is -0.380 e. The Morgan fingerprint density at radius 2 is 1.95 bits per heavy atom. The maximum absolute atomic E-state index is 5.59. The molecule has 0 bridgehead atoms. The fourth-order valence-electron chi connectivity index (χ4n) is 2.19. The number of fused-ring (bicyclic) bond motifs is 1. The van der Waals surface area contributed by atoms with E-state index in [2.05, 4.69) is 54.8 Å². The van der Waals surface area contributed by atoms with E-state index >= 15 is 0 Å². The molecule has 0 saturated heterocycles. The Hall–Kier alpha value is -1.42. The lowest BCUT2D eigenvalue weighted by Gasteiger charge is -2.16. The van der Waals surface area contributed by atoms with Gasteiger partial charge >= 0.3 is 0 Å². The van der Waals surface area contributed by atoms with Crippen molar-refractivity contribution in [3.63, 3.8) is 0 Å². The fourth-order valence-corrected chi connectivity index (χ4v) is 2.19. The zero-order valence-corrected chi connectivity index (χ0v) is 11.4. The molecule has 0 saturated carbocycles. The highest BCUT2D eigenvalue weighted by Gasteiger charge is 2.08. The summed E-state index contributed by atoms with van der Waals surface area (Å²) in [6, 6.07) is 15.1. The van der Waals surface area contributed by atoms with Crippen LogP contribution >= 0.6 is 0 Å². The van der Waals surface area contributed by atoms with Crippen LogP contribution in [0.5, 0.6) is 0 Å². The zero-order valence-electron chi connectivity index (χ0n) is 11.4. The Balaban J connectivity index is 2.02. The van der Waals surface area contributed by atoms with Crippen molar-refractivity contribution in [2.24, 2.45) is 5.84 Å². The predicted molar refractivity (Wildman–Crippen MR) is 79.9 cm³/mol. The van der Waals surface area contributed by atoms with Crippen molar-refractivity contribution in [1.82, 2.24) is 5.43 Å². The van der Waals surface area contributed by atoms with Gasteiger partial charge in [-0.3, -0.25) is 11.3 Å². The van der Waals surface area contributed by atoms with Crippen molar-refractivity contribution in [2.45, 2.75) is 25.8 Å². The minimum atomic E-state index is 0.160. The highest BCUT2D eigenvalue weighted by Crippen LogP contribution is 2.16. The third kappa shape index (κ3) is 4.03. The van der Waals surface area contributed by atoms with E-state index in [4.69, 9.17) is 10.6 Å². The number of ether oxygens (including phenoxy) is 1. The number of hydrogen-bond donors (Lipinski definition) is 2. The molecule has 3 N–H and O–H groups in total. The highest BCUT2D eigenvalue weighted by molar-refractivity contribution is 5.82. The maximum atomic E-state index is 5.59.